The summed E-state index contributed by atoms with van der Waals surface area (Å²) in [5, 5.41) is 6.26. The van der Waals surface area contributed by atoms with Crippen LogP contribution in [0.4, 0.5) is 11.4 Å². The molecule has 0 aliphatic heterocycles. The van der Waals surface area contributed by atoms with E-state index in [9.17, 15) is 0 Å². The average Bonchev–Trinajstić information content (AvgIpc) is 3.22. The van der Waals surface area contributed by atoms with Gasteiger partial charge in [-0.25, -0.2) is 0 Å². The lowest BCUT2D eigenvalue weighted by Gasteiger charge is -2.22. The summed E-state index contributed by atoms with van der Waals surface area (Å²) in [7, 11) is 0. The van der Waals surface area contributed by atoms with Crippen LogP contribution in [0.25, 0.3) is 28.0 Å². The summed E-state index contributed by atoms with van der Waals surface area (Å²) in [6, 6.07) is 28.7. The summed E-state index contributed by atoms with van der Waals surface area (Å²) in [5.74, 6) is 0. The standard InChI is InChI=1S/C30H30N2/c1-3-32(4-2)25-17-15-23-20-24-16-18-26-27(30(24)28(23)21-25)13-8-14-29(26)31-19-9-12-22-10-6-5-7-11-22/h5-18,21,31H,3-4,19-20H2,1-2H3. The molecule has 1 aliphatic rings. The van der Waals surface area contributed by atoms with Gasteiger partial charge in [0.2, 0.25) is 0 Å². The van der Waals surface area contributed by atoms with E-state index in [2.05, 4.69) is 109 Å². The topological polar surface area (TPSA) is 15.3 Å². The van der Waals surface area contributed by atoms with Gasteiger partial charge >= 0.3 is 0 Å². The Kier molecular flexibility index (Phi) is 5.68. The van der Waals surface area contributed by atoms with Crippen molar-refractivity contribution in [1.29, 1.82) is 0 Å². The highest BCUT2D eigenvalue weighted by Gasteiger charge is 2.22. The van der Waals surface area contributed by atoms with Crippen molar-refractivity contribution in [2.45, 2.75) is 20.3 Å². The van der Waals surface area contributed by atoms with Crippen LogP contribution in [0, 0.1) is 0 Å². The molecule has 0 heterocycles. The van der Waals surface area contributed by atoms with E-state index in [1.165, 1.54) is 50.0 Å². The first-order valence-corrected chi connectivity index (χ1v) is 11.7. The lowest BCUT2D eigenvalue weighted by atomic mass is 9.96. The van der Waals surface area contributed by atoms with Crippen molar-refractivity contribution < 1.29 is 0 Å². The van der Waals surface area contributed by atoms with E-state index in [1.807, 2.05) is 6.07 Å². The van der Waals surface area contributed by atoms with Crippen LogP contribution in [-0.4, -0.2) is 19.6 Å². The van der Waals surface area contributed by atoms with E-state index < -0.39 is 0 Å². The normalized spacial score (nSPS) is 12.2. The van der Waals surface area contributed by atoms with Gasteiger partial charge in [-0.15, -0.1) is 0 Å². The minimum Gasteiger partial charge on any atom is -0.381 e. The van der Waals surface area contributed by atoms with Crippen LogP contribution in [-0.2, 0) is 6.42 Å². The van der Waals surface area contributed by atoms with Crippen LogP contribution in [0.1, 0.15) is 30.5 Å². The molecule has 0 bridgehead atoms. The number of benzene rings is 4. The van der Waals surface area contributed by atoms with Crippen LogP contribution < -0.4 is 10.2 Å². The lowest BCUT2D eigenvalue weighted by molar-refractivity contribution is 0.866. The molecular weight excluding hydrogens is 388 g/mol. The Bertz CT molecular complexity index is 1270. The largest absolute Gasteiger partial charge is 0.381 e. The Morgan fingerprint density at radius 2 is 1.62 bits per heavy atom. The molecule has 0 saturated carbocycles. The van der Waals surface area contributed by atoms with Gasteiger partial charge in [-0.05, 0) is 71.7 Å². The van der Waals surface area contributed by atoms with E-state index in [0.29, 0.717) is 0 Å². The summed E-state index contributed by atoms with van der Waals surface area (Å²) in [6.45, 7) is 7.31. The summed E-state index contributed by atoms with van der Waals surface area (Å²) < 4.78 is 0. The number of fused-ring (bicyclic) bond motifs is 5. The van der Waals surface area contributed by atoms with Gasteiger partial charge in [0.25, 0.3) is 0 Å². The monoisotopic (exact) mass is 418 g/mol. The summed E-state index contributed by atoms with van der Waals surface area (Å²) in [5.41, 5.74) is 9.42. The molecule has 4 aromatic rings. The Labute approximate surface area is 191 Å². The van der Waals surface area contributed by atoms with E-state index in [4.69, 9.17) is 0 Å². The zero-order chi connectivity index (χ0) is 21.9. The van der Waals surface area contributed by atoms with Crippen molar-refractivity contribution in [3.05, 3.63) is 102 Å². The maximum atomic E-state index is 3.63. The Hall–Kier alpha value is -3.52. The summed E-state index contributed by atoms with van der Waals surface area (Å²) in [4.78, 5) is 2.43. The maximum Gasteiger partial charge on any atom is 0.0422 e. The van der Waals surface area contributed by atoms with E-state index in [1.54, 1.807) is 0 Å². The molecule has 0 spiro atoms. The van der Waals surface area contributed by atoms with Crippen LogP contribution >= 0.6 is 0 Å². The molecule has 0 fully saturated rings. The number of nitrogens with zero attached hydrogens (tertiary/aromatic N) is 1. The second kappa shape index (κ2) is 8.92. The zero-order valence-corrected chi connectivity index (χ0v) is 18.9. The first kappa shape index (κ1) is 20.4. The van der Waals surface area contributed by atoms with E-state index in [-0.39, 0.29) is 0 Å². The van der Waals surface area contributed by atoms with Gasteiger partial charge in [-0.1, -0.05) is 72.8 Å². The third-order valence-corrected chi connectivity index (χ3v) is 6.54. The van der Waals surface area contributed by atoms with Crippen molar-refractivity contribution in [3.8, 4) is 11.1 Å². The molecule has 0 atom stereocenters. The number of nitrogens with one attached hydrogen (secondary N) is 1. The van der Waals surface area contributed by atoms with Gasteiger partial charge < -0.3 is 10.2 Å². The minimum atomic E-state index is 0.799. The summed E-state index contributed by atoms with van der Waals surface area (Å²) >= 11 is 0. The molecule has 1 aliphatic carbocycles. The van der Waals surface area contributed by atoms with Gasteiger partial charge in [0.15, 0.2) is 0 Å². The van der Waals surface area contributed by atoms with Crippen LogP contribution in [0.3, 0.4) is 0 Å². The highest BCUT2D eigenvalue weighted by Crippen LogP contribution is 2.44. The summed E-state index contributed by atoms with van der Waals surface area (Å²) in [6.07, 6.45) is 5.38. The Morgan fingerprint density at radius 3 is 2.44 bits per heavy atom. The number of hydrogen-bond donors (Lipinski definition) is 1. The average molecular weight is 419 g/mol. The highest BCUT2D eigenvalue weighted by atomic mass is 15.1. The second-order valence-corrected chi connectivity index (χ2v) is 8.38. The lowest BCUT2D eigenvalue weighted by Crippen LogP contribution is -2.21. The van der Waals surface area contributed by atoms with Gasteiger partial charge in [0.1, 0.15) is 0 Å². The number of anilines is 2. The minimum absolute atomic E-state index is 0.799. The van der Waals surface area contributed by atoms with Crippen LogP contribution in [0.15, 0.2) is 84.9 Å². The predicted octanol–water partition coefficient (Wildman–Crippen LogP) is 7.38. The molecule has 0 unspecified atom stereocenters. The Balaban J connectivity index is 1.47. The molecule has 0 aromatic heterocycles. The molecule has 5 rings (SSSR count). The molecule has 32 heavy (non-hydrogen) atoms. The first-order valence-electron chi connectivity index (χ1n) is 11.7. The van der Waals surface area contributed by atoms with E-state index >= 15 is 0 Å². The van der Waals surface area contributed by atoms with Crippen molar-refractivity contribution in [2.75, 3.05) is 29.9 Å². The van der Waals surface area contributed by atoms with Crippen molar-refractivity contribution in [2.24, 2.45) is 0 Å². The molecule has 0 radical (unpaired) electrons. The fourth-order valence-corrected chi connectivity index (χ4v) is 4.89. The van der Waals surface area contributed by atoms with Gasteiger partial charge in [0.05, 0.1) is 0 Å². The van der Waals surface area contributed by atoms with Crippen LogP contribution in [0.2, 0.25) is 0 Å². The molecule has 0 amide bonds. The molecule has 2 heteroatoms. The quantitative estimate of drug-likeness (QED) is 0.296. The van der Waals surface area contributed by atoms with Crippen LogP contribution in [0.5, 0.6) is 0 Å². The van der Waals surface area contributed by atoms with Gasteiger partial charge in [-0.3, -0.25) is 0 Å². The second-order valence-electron chi connectivity index (χ2n) is 8.38. The number of hydrogen-bond acceptors (Lipinski definition) is 2. The molecule has 1 N–H and O–H groups in total. The van der Waals surface area contributed by atoms with Crippen molar-refractivity contribution >= 4 is 28.2 Å². The van der Waals surface area contributed by atoms with Gasteiger partial charge in [-0.2, -0.15) is 0 Å². The predicted molar refractivity (Wildman–Crippen MR) is 140 cm³/mol. The number of rotatable bonds is 7. The first-order chi connectivity index (χ1) is 15.8. The highest BCUT2D eigenvalue weighted by molar-refractivity contribution is 6.06. The SMILES string of the molecule is CCN(CC)c1ccc2c(c1)-c1c(ccc3c(NCC=Cc4ccccc4)cccc13)C2. The molecule has 4 aromatic carbocycles. The molecular formula is C30H30N2. The third kappa shape index (κ3) is 3.78. The van der Waals surface area contributed by atoms with Crippen molar-refractivity contribution in [1.82, 2.24) is 0 Å². The Morgan fingerprint density at radius 1 is 0.812 bits per heavy atom. The zero-order valence-electron chi connectivity index (χ0n) is 18.9. The fourth-order valence-electron chi connectivity index (χ4n) is 4.89. The van der Waals surface area contributed by atoms with Gasteiger partial charge in [0, 0.05) is 36.4 Å². The maximum absolute atomic E-state index is 3.63. The molecule has 0 saturated heterocycles. The van der Waals surface area contributed by atoms with Crippen molar-refractivity contribution in [3.63, 3.8) is 0 Å². The molecule has 2 nitrogen and oxygen atoms in total. The molecule has 160 valence electrons. The smallest absolute Gasteiger partial charge is 0.0422 e. The third-order valence-electron chi connectivity index (χ3n) is 6.54. The van der Waals surface area contributed by atoms with E-state index in [0.717, 1.165) is 26.1 Å². The fraction of sp³-hybridized carbons (Fsp3) is 0.200.